The molecule has 4 aromatic carbocycles. The summed E-state index contributed by atoms with van der Waals surface area (Å²) in [5.41, 5.74) is -0.723. The van der Waals surface area contributed by atoms with Crippen molar-refractivity contribution in [2.45, 2.75) is 43.2 Å². The van der Waals surface area contributed by atoms with E-state index in [4.69, 9.17) is 4.74 Å². The van der Waals surface area contributed by atoms with Gasteiger partial charge in [0.05, 0.1) is 29.6 Å². The van der Waals surface area contributed by atoms with Crippen molar-refractivity contribution < 1.29 is 39.5 Å². The zero-order valence-corrected chi connectivity index (χ0v) is 24.8. The van der Waals surface area contributed by atoms with Gasteiger partial charge in [-0.3, -0.25) is 0 Å². The molecule has 1 aliphatic heterocycles. The van der Waals surface area contributed by atoms with Crippen LogP contribution in [0.25, 0.3) is 0 Å². The van der Waals surface area contributed by atoms with Gasteiger partial charge in [-0.15, -0.1) is 0 Å². The normalized spacial score (nSPS) is 18.3. The van der Waals surface area contributed by atoms with E-state index in [9.17, 15) is 34.8 Å². The molecule has 0 bridgehead atoms. The fraction of sp³-hybridized carbons (Fsp3) is 0.294. The van der Waals surface area contributed by atoms with E-state index < -0.39 is 52.1 Å². The first kappa shape index (κ1) is 32.7. The molecule has 0 radical (unpaired) electrons. The third-order valence-corrected chi connectivity index (χ3v) is 9.81. The van der Waals surface area contributed by atoms with Crippen LogP contribution < -0.4 is 0 Å². The smallest absolute Gasteiger partial charge is 0.373 e. The molecular formula is C34H31F6NO3S. The highest BCUT2D eigenvalue weighted by atomic mass is 32.2. The number of halogens is 6. The highest BCUT2D eigenvalue weighted by Gasteiger charge is 2.41. The van der Waals surface area contributed by atoms with Crippen LogP contribution in [-0.4, -0.2) is 31.9 Å². The van der Waals surface area contributed by atoms with Gasteiger partial charge in [0.25, 0.3) is 0 Å². The van der Waals surface area contributed by atoms with Crippen molar-refractivity contribution in [3.63, 3.8) is 0 Å². The van der Waals surface area contributed by atoms with Gasteiger partial charge in [-0.05, 0) is 46.9 Å². The minimum Gasteiger partial charge on any atom is -0.373 e. The highest BCUT2D eigenvalue weighted by molar-refractivity contribution is 7.88. The van der Waals surface area contributed by atoms with E-state index in [-0.39, 0.29) is 42.8 Å². The lowest BCUT2D eigenvalue weighted by Crippen LogP contribution is -2.49. The van der Waals surface area contributed by atoms with Gasteiger partial charge in [-0.25, -0.2) is 12.7 Å². The fourth-order valence-corrected chi connectivity index (χ4v) is 7.48. The predicted octanol–water partition coefficient (Wildman–Crippen LogP) is 8.29. The molecule has 0 amide bonds. The molecule has 5 rings (SSSR count). The van der Waals surface area contributed by atoms with Crippen molar-refractivity contribution in [3.8, 4) is 0 Å². The van der Waals surface area contributed by atoms with E-state index in [2.05, 4.69) is 0 Å². The number of ether oxygens (including phenoxy) is 1. The molecule has 238 valence electrons. The Morgan fingerprint density at radius 1 is 0.711 bits per heavy atom. The molecule has 0 N–H and O–H groups in total. The molecule has 0 saturated carbocycles. The van der Waals surface area contributed by atoms with Crippen molar-refractivity contribution in [2.24, 2.45) is 5.92 Å². The SMILES string of the molecule is O=S(=O)(Cc1ccccc1)N1CC[C@H](OCc2cc(C(F)(F)F)cc(C(F)(F)F)c2)[C@H](C(c2ccccc2)c2ccccc2)C1. The van der Waals surface area contributed by atoms with Crippen molar-refractivity contribution >= 4 is 10.0 Å². The minimum absolute atomic E-state index is 0.0463. The Labute approximate surface area is 258 Å². The second-order valence-corrected chi connectivity index (χ2v) is 13.1. The average molecular weight is 648 g/mol. The number of nitrogens with zero attached hydrogens (tertiary/aromatic N) is 1. The summed E-state index contributed by atoms with van der Waals surface area (Å²) < 4.78 is 116. The van der Waals surface area contributed by atoms with E-state index in [1.54, 1.807) is 30.3 Å². The molecule has 4 nitrogen and oxygen atoms in total. The Morgan fingerprint density at radius 3 is 1.69 bits per heavy atom. The van der Waals surface area contributed by atoms with E-state index in [1.807, 2.05) is 60.7 Å². The molecule has 45 heavy (non-hydrogen) atoms. The van der Waals surface area contributed by atoms with Gasteiger partial charge in [0.2, 0.25) is 10.0 Å². The van der Waals surface area contributed by atoms with Crippen LogP contribution >= 0.6 is 0 Å². The van der Waals surface area contributed by atoms with E-state index in [1.165, 1.54) is 4.31 Å². The molecule has 1 saturated heterocycles. The maximum atomic E-state index is 13.6. The second kappa shape index (κ2) is 13.4. The molecule has 1 fully saturated rings. The lowest BCUT2D eigenvalue weighted by atomic mass is 9.76. The number of alkyl halides is 6. The van der Waals surface area contributed by atoms with Gasteiger partial charge in [0, 0.05) is 24.9 Å². The number of piperidine rings is 1. The van der Waals surface area contributed by atoms with Crippen molar-refractivity contribution in [1.82, 2.24) is 4.31 Å². The first-order valence-corrected chi connectivity index (χ1v) is 15.9. The van der Waals surface area contributed by atoms with Crippen molar-refractivity contribution in [1.29, 1.82) is 0 Å². The summed E-state index contributed by atoms with van der Waals surface area (Å²) in [5.74, 6) is -1.10. The summed E-state index contributed by atoms with van der Waals surface area (Å²) in [4.78, 5) is 0. The van der Waals surface area contributed by atoms with Gasteiger partial charge >= 0.3 is 12.4 Å². The average Bonchev–Trinajstić information content (AvgIpc) is 3.01. The second-order valence-electron chi connectivity index (χ2n) is 11.1. The molecular weight excluding hydrogens is 616 g/mol. The Balaban J connectivity index is 1.50. The molecule has 0 aromatic heterocycles. The lowest BCUT2D eigenvalue weighted by molar-refractivity contribution is -0.143. The maximum Gasteiger partial charge on any atom is 0.416 e. The highest BCUT2D eigenvalue weighted by Crippen LogP contribution is 2.41. The van der Waals surface area contributed by atoms with Crippen LogP contribution in [0.2, 0.25) is 0 Å². The van der Waals surface area contributed by atoms with Crippen LogP contribution in [0.15, 0.2) is 109 Å². The van der Waals surface area contributed by atoms with Crippen LogP contribution in [-0.2, 0) is 39.5 Å². The monoisotopic (exact) mass is 647 g/mol. The molecule has 11 heteroatoms. The molecule has 0 unspecified atom stereocenters. The first-order valence-electron chi connectivity index (χ1n) is 14.3. The van der Waals surface area contributed by atoms with Gasteiger partial charge in [0.15, 0.2) is 0 Å². The van der Waals surface area contributed by atoms with Gasteiger partial charge in [0.1, 0.15) is 0 Å². The third kappa shape index (κ3) is 8.14. The number of hydrogen-bond donors (Lipinski definition) is 0. The molecule has 0 spiro atoms. The Bertz CT molecular complexity index is 1590. The van der Waals surface area contributed by atoms with Crippen LogP contribution in [0.3, 0.4) is 0 Å². The van der Waals surface area contributed by atoms with Crippen LogP contribution in [0.5, 0.6) is 0 Å². The summed E-state index contributed by atoms with van der Waals surface area (Å²) in [6.07, 6.45) is -10.5. The van der Waals surface area contributed by atoms with Gasteiger partial charge in [-0.1, -0.05) is 91.0 Å². The van der Waals surface area contributed by atoms with Crippen LogP contribution in [0.1, 0.15) is 45.7 Å². The van der Waals surface area contributed by atoms with Crippen molar-refractivity contribution in [3.05, 3.63) is 143 Å². The Hall–Kier alpha value is -3.67. The third-order valence-electron chi connectivity index (χ3n) is 8.00. The van der Waals surface area contributed by atoms with E-state index in [0.29, 0.717) is 17.7 Å². The van der Waals surface area contributed by atoms with Gasteiger partial charge < -0.3 is 4.74 Å². The maximum absolute atomic E-state index is 13.6. The summed E-state index contributed by atoms with van der Waals surface area (Å²) in [6, 6.07) is 28.9. The molecule has 1 aliphatic rings. The summed E-state index contributed by atoms with van der Waals surface area (Å²) in [6.45, 7) is -0.380. The molecule has 0 aliphatic carbocycles. The topological polar surface area (TPSA) is 46.6 Å². The fourth-order valence-electron chi connectivity index (χ4n) is 5.90. The predicted molar refractivity (Wildman–Crippen MR) is 158 cm³/mol. The summed E-state index contributed by atoms with van der Waals surface area (Å²) >= 11 is 0. The van der Waals surface area contributed by atoms with E-state index >= 15 is 0 Å². The number of rotatable bonds is 9. The van der Waals surface area contributed by atoms with Crippen LogP contribution in [0, 0.1) is 5.92 Å². The zero-order chi connectivity index (χ0) is 32.2. The number of hydrogen-bond acceptors (Lipinski definition) is 3. The number of sulfonamides is 1. The summed E-state index contributed by atoms with van der Waals surface area (Å²) in [7, 11) is -3.77. The van der Waals surface area contributed by atoms with Gasteiger partial charge in [-0.2, -0.15) is 26.3 Å². The zero-order valence-electron chi connectivity index (χ0n) is 24.0. The quantitative estimate of drug-likeness (QED) is 0.172. The van der Waals surface area contributed by atoms with E-state index in [0.717, 1.165) is 11.1 Å². The molecule has 1 heterocycles. The lowest BCUT2D eigenvalue weighted by Gasteiger charge is -2.42. The molecule has 2 atom stereocenters. The van der Waals surface area contributed by atoms with Crippen molar-refractivity contribution in [2.75, 3.05) is 13.1 Å². The standard InChI is InChI=1S/C34H31F6NO3S/c35-33(36,37)28-18-25(19-29(20-28)34(38,39)40)22-44-31-16-17-41(45(42,43)23-24-10-4-1-5-11-24)21-30(31)32(26-12-6-2-7-13-26)27-14-8-3-9-15-27/h1-15,18-20,30-32H,16-17,21-23H2/t30-,31+/m1/s1. The Morgan fingerprint density at radius 2 is 1.20 bits per heavy atom. The Kier molecular flexibility index (Phi) is 9.71. The largest absolute Gasteiger partial charge is 0.416 e. The summed E-state index contributed by atoms with van der Waals surface area (Å²) in [5, 5.41) is 0. The van der Waals surface area contributed by atoms with Crippen LogP contribution in [0.4, 0.5) is 26.3 Å². The first-order chi connectivity index (χ1) is 21.3. The number of benzene rings is 4. The molecule has 4 aromatic rings. The minimum atomic E-state index is -4.98.